The molecular formula is C12H16BrNO2. The lowest BCUT2D eigenvalue weighted by molar-refractivity contribution is 0.00673. The number of benzene rings is 1. The van der Waals surface area contributed by atoms with E-state index in [1.807, 2.05) is 18.2 Å². The number of ether oxygens (including phenoxy) is 2. The van der Waals surface area contributed by atoms with Crippen LogP contribution in [-0.2, 0) is 11.3 Å². The van der Waals surface area contributed by atoms with Crippen molar-refractivity contribution in [3.63, 3.8) is 0 Å². The zero-order chi connectivity index (χ0) is 11.4. The highest BCUT2D eigenvalue weighted by Gasteiger charge is 2.18. The second-order valence-corrected chi connectivity index (χ2v) is 4.74. The van der Waals surface area contributed by atoms with E-state index in [-0.39, 0.29) is 6.10 Å². The smallest absolute Gasteiger partial charge is 0.138 e. The summed E-state index contributed by atoms with van der Waals surface area (Å²) < 4.78 is 12.3. The fraction of sp³-hybridized carbons (Fsp3) is 0.500. The average Bonchev–Trinajstić information content (AvgIpc) is 2.33. The maximum Gasteiger partial charge on any atom is 0.138 e. The Balaban J connectivity index is 2.12. The molecule has 2 N–H and O–H groups in total. The van der Waals surface area contributed by atoms with Gasteiger partial charge in [-0.05, 0) is 34.8 Å². The molecule has 1 aliphatic rings. The third-order valence-electron chi connectivity index (χ3n) is 2.67. The summed E-state index contributed by atoms with van der Waals surface area (Å²) in [5.74, 6) is 0.862. The zero-order valence-electron chi connectivity index (χ0n) is 9.12. The first-order valence-electron chi connectivity index (χ1n) is 5.53. The third-order valence-corrected chi connectivity index (χ3v) is 3.30. The van der Waals surface area contributed by atoms with Crippen LogP contribution in [0.2, 0.25) is 0 Å². The van der Waals surface area contributed by atoms with Crippen LogP contribution in [0.3, 0.4) is 0 Å². The van der Waals surface area contributed by atoms with Gasteiger partial charge in [0.15, 0.2) is 0 Å². The van der Waals surface area contributed by atoms with Gasteiger partial charge in [-0.3, -0.25) is 0 Å². The summed E-state index contributed by atoms with van der Waals surface area (Å²) in [6, 6.07) is 5.93. The lowest BCUT2D eigenvalue weighted by atomic mass is 10.1. The Labute approximate surface area is 104 Å². The first-order chi connectivity index (χ1) is 7.81. The lowest BCUT2D eigenvalue weighted by Gasteiger charge is -2.25. The topological polar surface area (TPSA) is 44.5 Å². The number of hydrogen-bond donors (Lipinski definition) is 1. The van der Waals surface area contributed by atoms with Crippen molar-refractivity contribution in [2.45, 2.75) is 25.5 Å². The highest BCUT2D eigenvalue weighted by Crippen LogP contribution is 2.30. The summed E-state index contributed by atoms with van der Waals surface area (Å²) in [6.45, 7) is 2.01. The van der Waals surface area contributed by atoms with Crippen molar-refractivity contribution in [3.05, 3.63) is 28.2 Å². The molecule has 88 valence electrons. The van der Waals surface area contributed by atoms with Crippen LogP contribution in [-0.4, -0.2) is 19.3 Å². The molecule has 1 aromatic rings. The molecule has 0 amide bonds. The maximum atomic E-state index is 5.96. The van der Waals surface area contributed by atoms with Crippen LogP contribution < -0.4 is 10.5 Å². The van der Waals surface area contributed by atoms with Gasteiger partial charge < -0.3 is 15.2 Å². The van der Waals surface area contributed by atoms with Crippen LogP contribution in [0.4, 0.5) is 0 Å². The number of nitrogens with two attached hydrogens (primary N) is 1. The fourth-order valence-corrected chi connectivity index (χ4v) is 2.32. The third kappa shape index (κ3) is 2.75. The summed E-state index contributed by atoms with van der Waals surface area (Å²) in [5, 5.41) is 0. The van der Waals surface area contributed by atoms with E-state index >= 15 is 0 Å². The van der Waals surface area contributed by atoms with Crippen LogP contribution in [0.25, 0.3) is 0 Å². The van der Waals surface area contributed by atoms with E-state index < -0.39 is 0 Å². The van der Waals surface area contributed by atoms with Gasteiger partial charge in [0, 0.05) is 18.7 Å². The van der Waals surface area contributed by atoms with Gasteiger partial charge >= 0.3 is 0 Å². The molecule has 3 nitrogen and oxygen atoms in total. The van der Waals surface area contributed by atoms with Gasteiger partial charge in [0.1, 0.15) is 11.9 Å². The van der Waals surface area contributed by atoms with Crippen molar-refractivity contribution in [3.8, 4) is 5.75 Å². The van der Waals surface area contributed by atoms with Crippen LogP contribution in [0, 0.1) is 0 Å². The van der Waals surface area contributed by atoms with Gasteiger partial charge in [0.25, 0.3) is 0 Å². The minimum Gasteiger partial charge on any atom is -0.486 e. The molecule has 1 heterocycles. The highest BCUT2D eigenvalue weighted by atomic mass is 79.9. The quantitative estimate of drug-likeness (QED) is 0.928. The number of hydrogen-bond acceptors (Lipinski definition) is 3. The summed E-state index contributed by atoms with van der Waals surface area (Å²) in [5.41, 5.74) is 6.72. The zero-order valence-corrected chi connectivity index (χ0v) is 10.7. The lowest BCUT2D eigenvalue weighted by Crippen LogP contribution is -2.28. The van der Waals surface area contributed by atoms with Crippen molar-refractivity contribution in [1.82, 2.24) is 0 Å². The maximum absolute atomic E-state index is 5.96. The molecule has 16 heavy (non-hydrogen) atoms. The Kier molecular flexibility index (Phi) is 4.21. The van der Waals surface area contributed by atoms with Crippen LogP contribution in [0.5, 0.6) is 5.75 Å². The molecule has 1 atom stereocenters. The molecule has 1 aromatic carbocycles. The van der Waals surface area contributed by atoms with Crippen molar-refractivity contribution < 1.29 is 9.47 Å². The van der Waals surface area contributed by atoms with E-state index in [1.54, 1.807) is 0 Å². The SMILES string of the molecule is NCc1cccc(Br)c1OC1CCCOC1. The molecule has 0 saturated carbocycles. The van der Waals surface area contributed by atoms with Gasteiger partial charge in [-0.25, -0.2) is 0 Å². The average molecular weight is 286 g/mol. The highest BCUT2D eigenvalue weighted by molar-refractivity contribution is 9.10. The van der Waals surface area contributed by atoms with Gasteiger partial charge in [-0.1, -0.05) is 12.1 Å². The van der Waals surface area contributed by atoms with Crippen molar-refractivity contribution in [2.75, 3.05) is 13.2 Å². The summed E-state index contributed by atoms with van der Waals surface area (Å²) in [7, 11) is 0. The molecule has 1 unspecified atom stereocenters. The van der Waals surface area contributed by atoms with Crippen LogP contribution in [0.1, 0.15) is 18.4 Å². The van der Waals surface area contributed by atoms with E-state index in [9.17, 15) is 0 Å². The Morgan fingerprint density at radius 3 is 3.06 bits per heavy atom. The van der Waals surface area contributed by atoms with Crippen molar-refractivity contribution >= 4 is 15.9 Å². The number of para-hydroxylation sites is 1. The number of rotatable bonds is 3. The van der Waals surface area contributed by atoms with E-state index in [2.05, 4.69) is 15.9 Å². The standard InChI is InChI=1S/C12H16BrNO2/c13-11-5-1-3-9(7-14)12(11)16-10-4-2-6-15-8-10/h1,3,5,10H,2,4,6-8,14H2. The Bertz CT molecular complexity index is 351. The molecular weight excluding hydrogens is 270 g/mol. The second-order valence-electron chi connectivity index (χ2n) is 3.89. The molecule has 4 heteroatoms. The fourth-order valence-electron chi connectivity index (χ4n) is 1.82. The molecule has 0 aromatic heterocycles. The second kappa shape index (κ2) is 5.66. The van der Waals surface area contributed by atoms with Crippen molar-refractivity contribution in [1.29, 1.82) is 0 Å². The van der Waals surface area contributed by atoms with Crippen LogP contribution in [0.15, 0.2) is 22.7 Å². The first kappa shape index (κ1) is 11.9. The Morgan fingerprint density at radius 1 is 1.50 bits per heavy atom. The van der Waals surface area contributed by atoms with Gasteiger partial charge in [0.2, 0.25) is 0 Å². The molecule has 0 aliphatic carbocycles. The minimum absolute atomic E-state index is 0.151. The largest absolute Gasteiger partial charge is 0.486 e. The summed E-state index contributed by atoms with van der Waals surface area (Å²) in [4.78, 5) is 0. The molecule has 0 radical (unpaired) electrons. The van der Waals surface area contributed by atoms with E-state index in [0.29, 0.717) is 13.2 Å². The molecule has 2 rings (SSSR count). The molecule has 1 fully saturated rings. The predicted molar refractivity (Wildman–Crippen MR) is 66.5 cm³/mol. The number of halogens is 1. The van der Waals surface area contributed by atoms with Gasteiger partial charge in [-0.2, -0.15) is 0 Å². The molecule has 1 aliphatic heterocycles. The molecule has 0 spiro atoms. The van der Waals surface area contributed by atoms with Gasteiger partial charge in [0.05, 0.1) is 11.1 Å². The van der Waals surface area contributed by atoms with Crippen LogP contribution >= 0.6 is 15.9 Å². The molecule has 0 bridgehead atoms. The predicted octanol–water partition coefficient (Wildman–Crippen LogP) is 2.47. The van der Waals surface area contributed by atoms with Gasteiger partial charge in [-0.15, -0.1) is 0 Å². The van der Waals surface area contributed by atoms with E-state index in [1.165, 1.54) is 0 Å². The van der Waals surface area contributed by atoms with E-state index in [0.717, 1.165) is 35.2 Å². The Hall–Kier alpha value is -0.580. The Morgan fingerprint density at radius 2 is 2.38 bits per heavy atom. The monoisotopic (exact) mass is 285 g/mol. The van der Waals surface area contributed by atoms with Crippen molar-refractivity contribution in [2.24, 2.45) is 5.73 Å². The minimum atomic E-state index is 0.151. The summed E-state index contributed by atoms with van der Waals surface area (Å²) in [6.07, 6.45) is 2.26. The molecule has 1 saturated heterocycles. The first-order valence-corrected chi connectivity index (χ1v) is 6.32. The summed E-state index contributed by atoms with van der Waals surface area (Å²) >= 11 is 3.49. The van der Waals surface area contributed by atoms with E-state index in [4.69, 9.17) is 15.2 Å². The normalized spacial score (nSPS) is 20.8.